The number of fused-ring (bicyclic) bond motifs is 1. The lowest BCUT2D eigenvalue weighted by Crippen LogP contribution is -2.16. The van der Waals surface area contributed by atoms with Crippen molar-refractivity contribution in [2.24, 2.45) is 4.99 Å². The zero-order valence-corrected chi connectivity index (χ0v) is 19.9. The second-order valence-electron chi connectivity index (χ2n) is 8.92. The van der Waals surface area contributed by atoms with E-state index in [4.69, 9.17) is 4.99 Å². The third-order valence-electron chi connectivity index (χ3n) is 6.54. The fourth-order valence-corrected chi connectivity index (χ4v) is 4.91. The highest BCUT2D eigenvalue weighted by Gasteiger charge is 2.29. The molecule has 0 unspecified atom stereocenters. The first kappa shape index (κ1) is 22.3. The van der Waals surface area contributed by atoms with Crippen LogP contribution in [0.15, 0.2) is 52.2 Å². The first-order valence-electron chi connectivity index (χ1n) is 11.1. The summed E-state index contributed by atoms with van der Waals surface area (Å²) in [7, 11) is -2.67. The van der Waals surface area contributed by atoms with Gasteiger partial charge in [-0.05, 0) is 106 Å². The first-order chi connectivity index (χ1) is 15.1. The summed E-state index contributed by atoms with van der Waals surface area (Å²) in [6.07, 6.45) is 2.72. The monoisotopic (exact) mass is 430 g/mol. The molecule has 1 aliphatic rings. The third-order valence-corrected chi connectivity index (χ3v) is 6.54. The number of nitrogens with zero attached hydrogens (tertiary/aromatic N) is 2. The predicted octanol–water partition coefficient (Wildman–Crippen LogP) is 7.86. The molecular formula is C27H29BF2N2. The molecule has 1 aliphatic heterocycles. The Morgan fingerprint density at radius 1 is 0.875 bits per heavy atom. The van der Waals surface area contributed by atoms with Gasteiger partial charge in [-0.25, -0.2) is 0 Å². The van der Waals surface area contributed by atoms with E-state index in [0.717, 1.165) is 62.0 Å². The van der Waals surface area contributed by atoms with Crippen LogP contribution in [0.25, 0.3) is 28.1 Å². The standard InChI is InChI=1S/C27H29BF2N2/c1-8-22-19(6)25(31-20(22)7)14-26-23-12-17(4)18(5)13-24(23)27(32(26)28(29)30)21-10-15(2)9-16(3)11-21/h9-14H,8H2,1-7H3/b25-14-. The Hall–Kier alpha value is -2.95. The van der Waals surface area contributed by atoms with Crippen molar-refractivity contribution in [3.63, 3.8) is 0 Å². The molecule has 0 aliphatic carbocycles. The van der Waals surface area contributed by atoms with Crippen LogP contribution in [0, 0.1) is 27.7 Å². The first-order valence-corrected chi connectivity index (χ1v) is 11.1. The number of aromatic nitrogens is 1. The minimum absolute atomic E-state index is 0.510. The number of rotatable bonds is 4. The predicted molar refractivity (Wildman–Crippen MR) is 134 cm³/mol. The van der Waals surface area contributed by atoms with E-state index in [1.807, 2.05) is 71.9 Å². The Bertz CT molecular complexity index is 1320. The van der Waals surface area contributed by atoms with Gasteiger partial charge in [-0.3, -0.25) is 13.6 Å². The van der Waals surface area contributed by atoms with E-state index in [9.17, 15) is 8.63 Å². The van der Waals surface area contributed by atoms with Crippen LogP contribution in [-0.2, 0) is 0 Å². The second-order valence-corrected chi connectivity index (χ2v) is 8.92. The maximum Gasteiger partial charge on any atom is 0.678 e. The lowest BCUT2D eigenvalue weighted by atomic mass is 9.98. The van der Waals surface area contributed by atoms with Gasteiger partial charge in [-0.15, -0.1) is 0 Å². The molecule has 164 valence electrons. The molecule has 0 saturated carbocycles. The smallest absolute Gasteiger partial charge is 0.324 e. The van der Waals surface area contributed by atoms with Gasteiger partial charge in [0.25, 0.3) is 0 Å². The number of allylic oxidation sites excluding steroid dienone is 2. The summed E-state index contributed by atoms with van der Waals surface area (Å²) < 4.78 is 30.6. The van der Waals surface area contributed by atoms with E-state index in [1.165, 1.54) is 10.1 Å². The summed E-state index contributed by atoms with van der Waals surface area (Å²) in [5, 5.41) is 1.68. The molecule has 0 fully saturated rings. The van der Waals surface area contributed by atoms with Crippen molar-refractivity contribution >= 4 is 30.0 Å². The van der Waals surface area contributed by atoms with Crippen molar-refractivity contribution in [3.8, 4) is 11.3 Å². The molecule has 4 rings (SSSR count). The van der Waals surface area contributed by atoms with Gasteiger partial charge < -0.3 is 4.48 Å². The molecule has 0 spiro atoms. The summed E-state index contributed by atoms with van der Waals surface area (Å²) in [6.45, 7) is 14.2. The van der Waals surface area contributed by atoms with E-state index in [0.29, 0.717) is 11.4 Å². The number of hydrogen-bond acceptors (Lipinski definition) is 1. The van der Waals surface area contributed by atoms with Crippen molar-refractivity contribution in [1.82, 2.24) is 4.48 Å². The van der Waals surface area contributed by atoms with Crippen molar-refractivity contribution in [1.29, 1.82) is 0 Å². The fraction of sp³-hybridized carbons (Fsp3) is 0.296. The number of aryl methyl sites for hydroxylation is 4. The molecular weight excluding hydrogens is 401 g/mol. The van der Waals surface area contributed by atoms with Crippen molar-refractivity contribution in [2.75, 3.05) is 0 Å². The van der Waals surface area contributed by atoms with Crippen LogP contribution >= 0.6 is 0 Å². The highest BCUT2D eigenvalue weighted by atomic mass is 19.2. The molecule has 0 radical (unpaired) electrons. The molecule has 2 nitrogen and oxygen atoms in total. The molecule has 0 amide bonds. The van der Waals surface area contributed by atoms with Crippen molar-refractivity contribution < 1.29 is 8.63 Å². The van der Waals surface area contributed by atoms with Gasteiger partial charge in [0.05, 0.1) is 5.70 Å². The summed E-state index contributed by atoms with van der Waals surface area (Å²) >= 11 is 0. The maximum atomic E-state index is 14.7. The van der Waals surface area contributed by atoms with Gasteiger partial charge in [-0.2, -0.15) is 0 Å². The van der Waals surface area contributed by atoms with E-state index in [1.54, 1.807) is 0 Å². The fourth-order valence-electron chi connectivity index (χ4n) is 4.91. The lowest BCUT2D eigenvalue weighted by Gasteiger charge is -2.11. The molecule has 2 heterocycles. The molecule has 0 atom stereocenters. The second kappa shape index (κ2) is 8.20. The van der Waals surface area contributed by atoms with Crippen LogP contribution in [0.1, 0.15) is 55.1 Å². The molecule has 3 aromatic rings. The zero-order chi connectivity index (χ0) is 23.3. The molecule has 5 heteroatoms. The largest absolute Gasteiger partial charge is 0.678 e. The minimum atomic E-state index is -2.67. The zero-order valence-electron chi connectivity index (χ0n) is 19.9. The van der Waals surface area contributed by atoms with Crippen LogP contribution < -0.4 is 0 Å². The van der Waals surface area contributed by atoms with Crippen molar-refractivity contribution in [3.05, 3.63) is 75.1 Å². The van der Waals surface area contributed by atoms with Crippen LogP contribution in [-0.4, -0.2) is 17.6 Å². The van der Waals surface area contributed by atoms with Gasteiger partial charge in [0.15, 0.2) is 0 Å². The summed E-state index contributed by atoms with van der Waals surface area (Å²) in [5.74, 6) is 0. The minimum Gasteiger partial charge on any atom is -0.324 e. The Morgan fingerprint density at radius 3 is 2.00 bits per heavy atom. The summed E-state index contributed by atoms with van der Waals surface area (Å²) in [4.78, 5) is 4.72. The van der Waals surface area contributed by atoms with Gasteiger partial charge >= 0.3 is 7.40 Å². The summed E-state index contributed by atoms with van der Waals surface area (Å²) in [5.41, 5.74) is 10.2. The summed E-state index contributed by atoms with van der Waals surface area (Å²) in [6, 6.07) is 10.1. The SMILES string of the molecule is CCC1=C(C)/C(=C/c2c3cc(C)c(C)cc3c(-c3cc(C)cc(C)c3)n2B(F)F)N=C1C. The van der Waals surface area contributed by atoms with Crippen LogP contribution in [0.4, 0.5) is 8.63 Å². The molecule has 32 heavy (non-hydrogen) atoms. The molecule has 0 N–H and O–H groups in total. The average Bonchev–Trinajstić information content (AvgIpc) is 3.15. The van der Waals surface area contributed by atoms with E-state index in [2.05, 4.69) is 13.0 Å². The van der Waals surface area contributed by atoms with Gasteiger partial charge in [-0.1, -0.05) is 24.1 Å². The van der Waals surface area contributed by atoms with Gasteiger partial charge in [0.2, 0.25) is 0 Å². The van der Waals surface area contributed by atoms with Gasteiger partial charge in [0, 0.05) is 27.9 Å². The van der Waals surface area contributed by atoms with Crippen LogP contribution in [0.3, 0.4) is 0 Å². The number of benzene rings is 2. The molecule has 2 aromatic carbocycles. The topological polar surface area (TPSA) is 17.3 Å². The number of aliphatic imine (C=N–C) groups is 1. The number of hydrogen-bond donors (Lipinski definition) is 0. The Balaban J connectivity index is 2.13. The van der Waals surface area contributed by atoms with Gasteiger partial charge in [0.1, 0.15) is 0 Å². The molecule has 0 bridgehead atoms. The highest BCUT2D eigenvalue weighted by molar-refractivity contribution is 6.43. The van der Waals surface area contributed by atoms with Crippen molar-refractivity contribution in [2.45, 2.75) is 54.9 Å². The lowest BCUT2D eigenvalue weighted by molar-refractivity contribution is 0.631. The van der Waals surface area contributed by atoms with Crippen LogP contribution in [0.2, 0.25) is 0 Å². The van der Waals surface area contributed by atoms with Crippen LogP contribution in [0.5, 0.6) is 0 Å². The normalized spacial score (nSPS) is 15.3. The van der Waals surface area contributed by atoms with E-state index >= 15 is 0 Å². The average molecular weight is 430 g/mol. The Morgan fingerprint density at radius 2 is 1.47 bits per heavy atom. The highest BCUT2D eigenvalue weighted by Crippen LogP contribution is 2.39. The maximum absolute atomic E-state index is 14.7. The molecule has 1 aromatic heterocycles. The quantitative estimate of drug-likeness (QED) is 0.375. The Kier molecular flexibility index (Phi) is 5.70. The third kappa shape index (κ3) is 3.64. The van der Waals surface area contributed by atoms with E-state index in [-0.39, 0.29) is 0 Å². The molecule has 0 saturated heterocycles. The van der Waals surface area contributed by atoms with E-state index < -0.39 is 7.40 Å². The number of halogens is 2. The Labute approximate surface area is 189 Å².